The number of amides is 1. The molecule has 0 atom stereocenters. The van der Waals surface area contributed by atoms with E-state index in [4.69, 9.17) is 4.42 Å². The highest BCUT2D eigenvalue weighted by Gasteiger charge is 2.19. The maximum Gasteiger partial charge on any atom is 0.287 e. The monoisotopic (exact) mass is 312 g/mol. The third kappa shape index (κ3) is 2.99. The van der Waals surface area contributed by atoms with Gasteiger partial charge in [-0.15, -0.1) is 0 Å². The van der Waals surface area contributed by atoms with Gasteiger partial charge in [-0.25, -0.2) is 0 Å². The lowest BCUT2D eigenvalue weighted by Crippen LogP contribution is -2.23. The number of rotatable bonds is 5. The van der Waals surface area contributed by atoms with Crippen LogP contribution < -0.4 is 5.32 Å². The average molecular weight is 312 g/mol. The zero-order chi connectivity index (χ0) is 15.4. The summed E-state index contributed by atoms with van der Waals surface area (Å²) >= 11 is 1.67. The summed E-state index contributed by atoms with van der Waals surface area (Å²) in [6, 6.07) is 13.4. The minimum absolute atomic E-state index is 0.203. The molecule has 0 unspecified atom stereocenters. The fourth-order valence-electron chi connectivity index (χ4n) is 2.32. The molecular weight excluding hydrogens is 296 g/mol. The van der Waals surface area contributed by atoms with Gasteiger partial charge in [0.2, 0.25) is 0 Å². The molecular formula is C17H16N2O2S. The molecule has 3 rings (SSSR count). The van der Waals surface area contributed by atoms with E-state index in [-0.39, 0.29) is 5.91 Å². The van der Waals surface area contributed by atoms with Gasteiger partial charge in [0.05, 0.1) is 12.2 Å². The van der Waals surface area contributed by atoms with Gasteiger partial charge in [-0.2, -0.15) is 11.8 Å². The molecule has 2 aromatic heterocycles. The van der Waals surface area contributed by atoms with Crippen LogP contribution in [0.3, 0.4) is 0 Å². The number of hydrogen-bond acceptors (Lipinski definition) is 4. The first-order valence-corrected chi connectivity index (χ1v) is 8.36. The van der Waals surface area contributed by atoms with E-state index in [1.807, 2.05) is 48.7 Å². The maximum atomic E-state index is 12.4. The smallest absolute Gasteiger partial charge is 0.287 e. The third-order valence-corrected chi connectivity index (χ3v) is 3.93. The SMILES string of the molecule is CSCc1c(C(=O)NCc2ccccn2)oc2ccccc12. The molecule has 1 aromatic carbocycles. The maximum absolute atomic E-state index is 12.4. The van der Waals surface area contributed by atoms with Crippen molar-refractivity contribution in [2.75, 3.05) is 6.26 Å². The number of aromatic nitrogens is 1. The molecule has 0 saturated carbocycles. The van der Waals surface area contributed by atoms with Crippen molar-refractivity contribution in [3.8, 4) is 0 Å². The van der Waals surface area contributed by atoms with Gasteiger partial charge < -0.3 is 9.73 Å². The number of carbonyl (C=O) groups is 1. The standard InChI is InChI=1S/C17H16N2O2S/c1-22-11-14-13-7-2-3-8-15(13)21-16(14)17(20)19-10-12-6-4-5-9-18-12/h2-9H,10-11H2,1H3,(H,19,20). The van der Waals surface area contributed by atoms with Gasteiger partial charge in [0.25, 0.3) is 5.91 Å². The van der Waals surface area contributed by atoms with E-state index < -0.39 is 0 Å². The van der Waals surface area contributed by atoms with Crippen molar-refractivity contribution >= 4 is 28.6 Å². The van der Waals surface area contributed by atoms with Crippen LogP contribution in [-0.2, 0) is 12.3 Å². The molecule has 0 aliphatic heterocycles. The molecule has 1 N–H and O–H groups in total. The first-order chi connectivity index (χ1) is 10.8. The highest BCUT2D eigenvalue weighted by atomic mass is 32.2. The van der Waals surface area contributed by atoms with Gasteiger partial charge in [0.15, 0.2) is 5.76 Å². The van der Waals surface area contributed by atoms with Crippen molar-refractivity contribution < 1.29 is 9.21 Å². The Kier molecular flexibility index (Phi) is 4.44. The number of hydrogen-bond donors (Lipinski definition) is 1. The van der Waals surface area contributed by atoms with Crippen LogP contribution in [0.1, 0.15) is 21.8 Å². The lowest BCUT2D eigenvalue weighted by atomic mass is 10.1. The van der Waals surface area contributed by atoms with Crippen LogP contribution in [-0.4, -0.2) is 17.1 Å². The van der Waals surface area contributed by atoms with Crippen LogP contribution >= 0.6 is 11.8 Å². The highest BCUT2D eigenvalue weighted by molar-refractivity contribution is 7.97. The lowest BCUT2D eigenvalue weighted by Gasteiger charge is -2.04. The molecule has 22 heavy (non-hydrogen) atoms. The van der Waals surface area contributed by atoms with Crippen LogP contribution in [0, 0.1) is 0 Å². The second-order valence-electron chi connectivity index (χ2n) is 4.84. The predicted octanol–water partition coefficient (Wildman–Crippen LogP) is 3.62. The number of carbonyl (C=O) groups excluding carboxylic acids is 1. The summed E-state index contributed by atoms with van der Waals surface area (Å²) < 4.78 is 5.76. The zero-order valence-corrected chi connectivity index (χ0v) is 13.0. The van der Waals surface area contributed by atoms with Crippen LogP contribution in [0.25, 0.3) is 11.0 Å². The Hall–Kier alpha value is -2.27. The number of pyridine rings is 1. The molecule has 0 bridgehead atoms. The van der Waals surface area contributed by atoms with Crippen molar-refractivity contribution in [2.24, 2.45) is 0 Å². The van der Waals surface area contributed by atoms with Crippen molar-refractivity contribution in [1.29, 1.82) is 0 Å². The zero-order valence-electron chi connectivity index (χ0n) is 12.2. The lowest BCUT2D eigenvalue weighted by molar-refractivity contribution is 0.0924. The van der Waals surface area contributed by atoms with E-state index >= 15 is 0 Å². The molecule has 3 aromatic rings. The molecule has 0 fully saturated rings. The van der Waals surface area contributed by atoms with Crippen LogP contribution in [0.4, 0.5) is 0 Å². The van der Waals surface area contributed by atoms with Crippen molar-refractivity contribution in [2.45, 2.75) is 12.3 Å². The molecule has 4 nitrogen and oxygen atoms in total. The van der Waals surface area contributed by atoms with Crippen molar-refractivity contribution in [3.63, 3.8) is 0 Å². The van der Waals surface area contributed by atoms with Crippen LogP contribution in [0.5, 0.6) is 0 Å². The molecule has 1 amide bonds. The van der Waals surface area contributed by atoms with Crippen molar-refractivity contribution in [3.05, 3.63) is 65.7 Å². The molecule has 0 aliphatic carbocycles. The summed E-state index contributed by atoms with van der Waals surface area (Å²) in [5.41, 5.74) is 2.51. The quantitative estimate of drug-likeness (QED) is 0.782. The van der Waals surface area contributed by atoms with Crippen LogP contribution in [0.15, 0.2) is 53.1 Å². The molecule has 0 aliphatic rings. The van der Waals surface area contributed by atoms with Crippen LogP contribution in [0.2, 0.25) is 0 Å². The fraction of sp³-hybridized carbons (Fsp3) is 0.176. The van der Waals surface area contributed by atoms with E-state index in [0.29, 0.717) is 12.3 Å². The van der Waals surface area contributed by atoms with Crippen molar-refractivity contribution in [1.82, 2.24) is 10.3 Å². The number of nitrogens with zero attached hydrogens (tertiary/aromatic N) is 1. The minimum atomic E-state index is -0.203. The van der Waals surface area contributed by atoms with E-state index in [2.05, 4.69) is 10.3 Å². The summed E-state index contributed by atoms with van der Waals surface area (Å²) in [7, 11) is 0. The van der Waals surface area contributed by atoms with E-state index in [1.54, 1.807) is 18.0 Å². The van der Waals surface area contributed by atoms with Gasteiger partial charge in [-0.1, -0.05) is 24.3 Å². The first-order valence-electron chi connectivity index (χ1n) is 6.97. The fourth-order valence-corrected chi connectivity index (χ4v) is 2.90. The predicted molar refractivity (Wildman–Crippen MR) is 88.8 cm³/mol. The largest absolute Gasteiger partial charge is 0.451 e. The Morgan fingerprint density at radius 3 is 2.82 bits per heavy atom. The molecule has 0 saturated heterocycles. The Labute approximate surface area is 132 Å². The summed E-state index contributed by atoms with van der Waals surface area (Å²) in [5, 5.41) is 3.87. The number of furan rings is 1. The number of thioether (sulfide) groups is 1. The summed E-state index contributed by atoms with van der Waals surface area (Å²) in [5.74, 6) is 0.931. The average Bonchev–Trinajstić information content (AvgIpc) is 2.93. The van der Waals surface area contributed by atoms with Gasteiger partial charge in [-0.05, 0) is 24.5 Å². The molecule has 5 heteroatoms. The third-order valence-electron chi connectivity index (χ3n) is 3.35. The second kappa shape index (κ2) is 6.66. The molecule has 0 spiro atoms. The second-order valence-corrected chi connectivity index (χ2v) is 5.71. The Morgan fingerprint density at radius 1 is 1.23 bits per heavy atom. The number of para-hydroxylation sites is 1. The van der Waals surface area contributed by atoms with E-state index in [9.17, 15) is 4.79 Å². The normalized spacial score (nSPS) is 10.8. The number of nitrogens with one attached hydrogen (secondary N) is 1. The topological polar surface area (TPSA) is 55.1 Å². The molecule has 0 radical (unpaired) electrons. The van der Waals surface area contributed by atoms with Gasteiger partial charge in [-0.3, -0.25) is 9.78 Å². The Morgan fingerprint density at radius 2 is 2.05 bits per heavy atom. The summed E-state index contributed by atoms with van der Waals surface area (Å²) in [4.78, 5) is 16.6. The summed E-state index contributed by atoms with van der Waals surface area (Å²) in [6.07, 6.45) is 3.72. The molecule has 112 valence electrons. The first kappa shape index (κ1) is 14.7. The Bertz CT molecular complexity index is 784. The number of fused-ring (bicyclic) bond motifs is 1. The van der Waals surface area contributed by atoms with E-state index in [0.717, 1.165) is 28.0 Å². The minimum Gasteiger partial charge on any atom is -0.451 e. The molecule has 2 heterocycles. The van der Waals surface area contributed by atoms with Gasteiger partial charge >= 0.3 is 0 Å². The van der Waals surface area contributed by atoms with E-state index in [1.165, 1.54) is 0 Å². The highest BCUT2D eigenvalue weighted by Crippen LogP contribution is 2.28. The van der Waals surface area contributed by atoms with Gasteiger partial charge in [0.1, 0.15) is 5.58 Å². The summed E-state index contributed by atoms with van der Waals surface area (Å²) in [6.45, 7) is 0.384. The Balaban J connectivity index is 1.85. The van der Waals surface area contributed by atoms with Gasteiger partial charge in [0, 0.05) is 22.9 Å². The number of benzene rings is 1.